The van der Waals surface area contributed by atoms with Crippen molar-refractivity contribution < 1.29 is 0 Å². The Morgan fingerprint density at radius 1 is 1.00 bits per heavy atom. The van der Waals surface area contributed by atoms with Crippen LogP contribution >= 0.6 is 0 Å². The number of aryl methyl sites for hydroxylation is 2. The van der Waals surface area contributed by atoms with Crippen LogP contribution in [0.25, 0.3) is 11.3 Å². The summed E-state index contributed by atoms with van der Waals surface area (Å²) in [5.41, 5.74) is 5.98. The molecule has 0 radical (unpaired) electrons. The number of imidazole rings is 1. The molecule has 0 atom stereocenters. The number of hydrogen-bond acceptors (Lipinski definition) is 4. The molecule has 0 spiro atoms. The molecule has 0 aliphatic carbocycles. The van der Waals surface area contributed by atoms with Gasteiger partial charge in [0.1, 0.15) is 0 Å². The Morgan fingerprint density at radius 3 is 2.50 bits per heavy atom. The van der Waals surface area contributed by atoms with Gasteiger partial charge in [0.15, 0.2) is 0 Å². The van der Waals surface area contributed by atoms with E-state index in [1.165, 1.54) is 16.8 Å². The minimum atomic E-state index is 0.937. The first kappa shape index (κ1) is 16.8. The lowest BCUT2D eigenvalue weighted by molar-refractivity contribution is 0.247. The lowest BCUT2D eigenvalue weighted by atomic mass is 10.0. The molecule has 0 unspecified atom stereocenters. The third-order valence-corrected chi connectivity index (χ3v) is 5.04. The standard InChI is InChI=1S/C21H25N5/c1-17-13-19(6-7-20(17)21-15-24(2)16-23-21)26-11-9-25(10-12-26)14-18-5-3-4-8-22-18/h3-8,13,15-16H,9-12,14H2,1-2H3. The zero-order valence-electron chi connectivity index (χ0n) is 15.5. The van der Waals surface area contributed by atoms with Gasteiger partial charge in [0.05, 0.1) is 17.7 Å². The van der Waals surface area contributed by atoms with Crippen LogP contribution in [0.2, 0.25) is 0 Å². The van der Waals surface area contributed by atoms with Crippen LogP contribution < -0.4 is 4.90 Å². The molecule has 0 amide bonds. The number of benzene rings is 1. The van der Waals surface area contributed by atoms with Gasteiger partial charge in [-0.3, -0.25) is 9.88 Å². The highest BCUT2D eigenvalue weighted by atomic mass is 15.3. The van der Waals surface area contributed by atoms with Crippen molar-refractivity contribution >= 4 is 5.69 Å². The molecule has 5 nitrogen and oxygen atoms in total. The van der Waals surface area contributed by atoms with Gasteiger partial charge in [0, 0.05) is 63.4 Å². The maximum atomic E-state index is 4.48. The van der Waals surface area contributed by atoms with Crippen molar-refractivity contribution in [2.45, 2.75) is 13.5 Å². The minimum absolute atomic E-state index is 0.937. The molecule has 1 aliphatic rings. The van der Waals surface area contributed by atoms with Crippen LogP contribution in [-0.2, 0) is 13.6 Å². The van der Waals surface area contributed by atoms with Crippen molar-refractivity contribution in [1.82, 2.24) is 19.4 Å². The first-order valence-corrected chi connectivity index (χ1v) is 9.15. The molecular formula is C21H25N5. The highest BCUT2D eigenvalue weighted by Crippen LogP contribution is 2.27. The molecule has 3 heterocycles. The van der Waals surface area contributed by atoms with E-state index in [9.17, 15) is 0 Å². The van der Waals surface area contributed by atoms with Crippen LogP contribution in [0.3, 0.4) is 0 Å². The van der Waals surface area contributed by atoms with Gasteiger partial charge in [-0.25, -0.2) is 4.98 Å². The number of anilines is 1. The molecule has 0 N–H and O–H groups in total. The number of aromatic nitrogens is 3. The third-order valence-electron chi connectivity index (χ3n) is 5.04. The summed E-state index contributed by atoms with van der Waals surface area (Å²) in [6, 6.07) is 12.9. The zero-order chi connectivity index (χ0) is 17.9. The molecule has 1 aliphatic heterocycles. The Labute approximate surface area is 154 Å². The Morgan fingerprint density at radius 2 is 1.85 bits per heavy atom. The number of hydrogen-bond donors (Lipinski definition) is 0. The summed E-state index contributed by atoms with van der Waals surface area (Å²) < 4.78 is 1.99. The summed E-state index contributed by atoms with van der Waals surface area (Å²) in [7, 11) is 2.00. The summed E-state index contributed by atoms with van der Waals surface area (Å²) in [5, 5.41) is 0. The molecule has 1 fully saturated rings. The van der Waals surface area contributed by atoms with Crippen LogP contribution in [0.1, 0.15) is 11.3 Å². The second kappa shape index (κ2) is 7.30. The van der Waals surface area contributed by atoms with Crippen molar-refractivity contribution in [3.05, 3.63) is 66.4 Å². The average molecular weight is 347 g/mol. The Hall–Kier alpha value is -2.66. The fourth-order valence-electron chi connectivity index (χ4n) is 3.57. The first-order chi connectivity index (χ1) is 12.7. The predicted molar refractivity (Wildman–Crippen MR) is 105 cm³/mol. The number of nitrogens with zero attached hydrogens (tertiary/aromatic N) is 5. The molecule has 4 rings (SSSR count). The number of rotatable bonds is 4. The second-order valence-electron chi connectivity index (χ2n) is 7.01. The molecule has 1 saturated heterocycles. The van der Waals surface area contributed by atoms with Crippen molar-refractivity contribution in [3.8, 4) is 11.3 Å². The van der Waals surface area contributed by atoms with E-state index in [-0.39, 0.29) is 0 Å². The zero-order valence-corrected chi connectivity index (χ0v) is 15.5. The Kier molecular flexibility index (Phi) is 4.71. The van der Waals surface area contributed by atoms with E-state index in [0.29, 0.717) is 0 Å². The van der Waals surface area contributed by atoms with Gasteiger partial charge in [0.25, 0.3) is 0 Å². The van der Waals surface area contributed by atoms with Gasteiger partial charge >= 0.3 is 0 Å². The van der Waals surface area contributed by atoms with E-state index in [1.807, 2.05) is 30.2 Å². The van der Waals surface area contributed by atoms with Crippen molar-refractivity contribution in [2.24, 2.45) is 7.05 Å². The quantitative estimate of drug-likeness (QED) is 0.727. The normalized spacial score (nSPS) is 15.4. The van der Waals surface area contributed by atoms with E-state index >= 15 is 0 Å². The van der Waals surface area contributed by atoms with Crippen LogP contribution in [-0.4, -0.2) is 45.6 Å². The molecule has 0 bridgehead atoms. The first-order valence-electron chi connectivity index (χ1n) is 9.15. The van der Waals surface area contributed by atoms with Crippen molar-refractivity contribution in [3.63, 3.8) is 0 Å². The molecule has 3 aromatic rings. The van der Waals surface area contributed by atoms with E-state index < -0.39 is 0 Å². The van der Waals surface area contributed by atoms with Gasteiger partial charge < -0.3 is 9.47 Å². The van der Waals surface area contributed by atoms with E-state index in [0.717, 1.165) is 44.1 Å². The minimum Gasteiger partial charge on any atom is -0.369 e. The Balaban J connectivity index is 1.41. The number of piperazine rings is 1. The topological polar surface area (TPSA) is 37.2 Å². The van der Waals surface area contributed by atoms with Crippen LogP contribution in [0.4, 0.5) is 5.69 Å². The molecule has 134 valence electrons. The predicted octanol–water partition coefficient (Wildman–Crippen LogP) is 3.11. The molecule has 5 heteroatoms. The fourth-order valence-corrected chi connectivity index (χ4v) is 3.57. The highest BCUT2D eigenvalue weighted by Gasteiger charge is 2.18. The smallest absolute Gasteiger partial charge is 0.0951 e. The molecule has 2 aromatic heterocycles. The third kappa shape index (κ3) is 3.63. The summed E-state index contributed by atoms with van der Waals surface area (Å²) >= 11 is 0. The summed E-state index contributed by atoms with van der Waals surface area (Å²) in [6.07, 6.45) is 5.79. The van der Waals surface area contributed by atoms with Gasteiger partial charge in [-0.05, 0) is 36.8 Å². The monoisotopic (exact) mass is 347 g/mol. The summed E-state index contributed by atoms with van der Waals surface area (Å²) in [4.78, 5) is 13.9. The summed E-state index contributed by atoms with van der Waals surface area (Å²) in [6.45, 7) is 7.34. The Bertz CT molecular complexity index is 863. The van der Waals surface area contributed by atoms with Gasteiger partial charge in [-0.2, -0.15) is 0 Å². The summed E-state index contributed by atoms with van der Waals surface area (Å²) in [5.74, 6) is 0. The largest absolute Gasteiger partial charge is 0.369 e. The van der Waals surface area contributed by atoms with E-state index in [1.54, 1.807) is 0 Å². The number of pyridine rings is 1. The van der Waals surface area contributed by atoms with Gasteiger partial charge in [-0.15, -0.1) is 0 Å². The lowest BCUT2D eigenvalue weighted by Crippen LogP contribution is -2.46. The van der Waals surface area contributed by atoms with Crippen molar-refractivity contribution in [2.75, 3.05) is 31.1 Å². The van der Waals surface area contributed by atoms with Crippen LogP contribution in [0.15, 0.2) is 55.1 Å². The highest BCUT2D eigenvalue weighted by molar-refractivity contribution is 5.67. The lowest BCUT2D eigenvalue weighted by Gasteiger charge is -2.36. The molecule has 0 saturated carbocycles. The average Bonchev–Trinajstić information content (AvgIpc) is 3.09. The molecule has 26 heavy (non-hydrogen) atoms. The second-order valence-corrected chi connectivity index (χ2v) is 7.01. The molecular weight excluding hydrogens is 322 g/mol. The SMILES string of the molecule is Cc1cc(N2CCN(Cc3ccccn3)CC2)ccc1-c1cn(C)cn1. The maximum absolute atomic E-state index is 4.48. The van der Waals surface area contributed by atoms with Gasteiger partial charge in [-0.1, -0.05) is 12.1 Å². The van der Waals surface area contributed by atoms with Gasteiger partial charge in [0.2, 0.25) is 0 Å². The molecule has 1 aromatic carbocycles. The van der Waals surface area contributed by atoms with Crippen molar-refractivity contribution in [1.29, 1.82) is 0 Å². The van der Waals surface area contributed by atoms with E-state index in [4.69, 9.17) is 0 Å². The maximum Gasteiger partial charge on any atom is 0.0951 e. The fraction of sp³-hybridized carbons (Fsp3) is 0.333. The van der Waals surface area contributed by atoms with Crippen LogP contribution in [0, 0.1) is 6.92 Å². The van der Waals surface area contributed by atoms with E-state index in [2.05, 4.69) is 63.2 Å². The van der Waals surface area contributed by atoms with Crippen LogP contribution in [0.5, 0.6) is 0 Å².